The zero-order valence-corrected chi connectivity index (χ0v) is 10.9. The molecule has 19 heavy (non-hydrogen) atoms. The average molecular weight is 260 g/mol. The van der Waals surface area contributed by atoms with Gasteiger partial charge in [0.05, 0.1) is 18.4 Å². The van der Waals surface area contributed by atoms with E-state index in [4.69, 9.17) is 5.73 Å². The third kappa shape index (κ3) is 4.36. The number of nitrogens with one attached hydrogen (secondary N) is 1. The fourth-order valence-electron chi connectivity index (χ4n) is 1.42. The van der Waals surface area contributed by atoms with Crippen LogP contribution in [0.1, 0.15) is 29.3 Å². The summed E-state index contributed by atoms with van der Waals surface area (Å²) in [6.07, 6.45) is 0.515. The maximum atomic E-state index is 11.4. The fraction of sp³-hybridized carbons (Fsp3) is 0.286. The van der Waals surface area contributed by atoms with Crippen LogP contribution in [0.25, 0.3) is 0 Å². The van der Waals surface area contributed by atoms with Gasteiger partial charge in [-0.3, -0.25) is 4.79 Å². The maximum absolute atomic E-state index is 11.4. The number of esters is 1. The quantitative estimate of drug-likeness (QED) is 0.367. The largest absolute Gasteiger partial charge is 0.465 e. The topological polar surface area (TPSA) is 81.4 Å². The number of methoxy groups -OCH3 is 1. The number of carbonyl (C=O) groups is 2. The molecule has 5 heteroatoms. The Morgan fingerprint density at radius 3 is 2.79 bits per heavy atom. The number of rotatable bonds is 3. The summed E-state index contributed by atoms with van der Waals surface area (Å²) in [7, 11) is 1.30. The van der Waals surface area contributed by atoms with Gasteiger partial charge in [0, 0.05) is 25.5 Å². The molecule has 0 fully saturated rings. The van der Waals surface area contributed by atoms with E-state index in [9.17, 15) is 9.59 Å². The van der Waals surface area contributed by atoms with Gasteiger partial charge >= 0.3 is 5.97 Å². The van der Waals surface area contributed by atoms with E-state index < -0.39 is 5.97 Å². The van der Waals surface area contributed by atoms with Gasteiger partial charge in [0.1, 0.15) is 0 Å². The second kappa shape index (κ2) is 7.07. The van der Waals surface area contributed by atoms with Gasteiger partial charge in [-0.2, -0.15) is 0 Å². The molecule has 0 radical (unpaired) electrons. The van der Waals surface area contributed by atoms with Crippen LogP contribution in [0.5, 0.6) is 0 Å². The van der Waals surface area contributed by atoms with Crippen molar-refractivity contribution in [3.63, 3.8) is 0 Å². The van der Waals surface area contributed by atoms with Gasteiger partial charge < -0.3 is 15.8 Å². The molecular weight excluding hydrogens is 244 g/mol. The summed E-state index contributed by atoms with van der Waals surface area (Å²) in [6, 6.07) is 5.01. The predicted octanol–water partition coefficient (Wildman–Crippen LogP) is 0.933. The summed E-state index contributed by atoms with van der Waals surface area (Å²) in [5.74, 6) is 5.18. The molecule has 0 heterocycles. The van der Waals surface area contributed by atoms with E-state index in [-0.39, 0.29) is 5.91 Å². The zero-order valence-electron chi connectivity index (χ0n) is 10.9. The molecule has 0 aliphatic rings. The highest BCUT2D eigenvalue weighted by atomic mass is 16.5. The standard InChI is InChI=1S/C14H16N2O3/c1-10(17)16-9-4-3-6-11-7-5-8-12(13(11)15)14(18)19-2/h5,7-8H,4,9,15H2,1-2H3,(H,16,17). The molecule has 0 saturated carbocycles. The first-order valence-electron chi connectivity index (χ1n) is 5.76. The first-order valence-corrected chi connectivity index (χ1v) is 5.76. The summed E-state index contributed by atoms with van der Waals surface area (Å²) >= 11 is 0. The number of anilines is 1. The van der Waals surface area contributed by atoms with E-state index in [0.29, 0.717) is 29.8 Å². The van der Waals surface area contributed by atoms with Crippen molar-refractivity contribution in [1.29, 1.82) is 0 Å². The molecule has 0 aromatic heterocycles. The number of carbonyl (C=O) groups excluding carboxylic acids is 2. The molecule has 0 spiro atoms. The van der Waals surface area contributed by atoms with E-state index in [1.54, 1.807) is 18.2 Å². The second-order valence-corrected chi connectivity index (χ2v) is 3.79. The minimum Gasteiger partial charge on any atom is -0.465 e. The van der Waals surface area contributed by atoms with Gasteiger partial charge in [0.15, 0.2) is 0 Å². The normalized spacial score (nSPS) is 9.16. The summed E-state index contributed by atoms with van der Waals surface area (Å²) in [5, 5.41) is 2.64. The number of nitrogens with two attached hydrogens (primary N) is 1. The molecule has 1 amide bonds. The number of para-hydroxylation sites is 1. The SMILES string of the molecule is COC(=O)c1cccc(C#CCCNC(C)=O)c1N. The van der Waals surface area contributed by atoms with Crippen LogP contribution in [0.2, 0.25) is 0 Å². The van der Waals surface area contributed by atoms with Gasteiger partial charge in [0.25, 0.3) is 0 Å². The summed E-state index contributed by atoms with van der Waals surface area (Å²) in [5.41, 5.74) is 7.03. The molecule has 5 nitrogen and oxygen atoms in total. The number of hydrogen-bond donors (Lipinski definition) is 2. The zero-order chi connectivity index (χ0) is 14.3. The van der Waals surface area contributed by atoms with Crippen LogP contribution in [0, 0.1) is 11.8 Å². The lowest BCUT2D eigenvalue weighted by molar-refractivity contribution is -0.118. The third-order valence-electron chi connectivity index (χ3n) is 2.36. The molecular formula is C14H16N2O3. The Balaban J connectivity index is 2.77. The van der Waals surface area contributed by atoms with E-state index in [1.807, 2.05) is 0 Å². The van der Waals surface area contributed by atoms with E-state index in [1.165, 1.54) is 14.0 Å². The van der Waals surface area contributed by atoms with Crippen LogP contribution >= 0.6 is 0 Å². The Morgan fingerprint density at radius 2 is 2.16 bits per heavy atom. The first-order chi connectivity index (χ1) is 9.06. The van der Waals surface area contributed by atoms with Crippen LogP contribution in [0.15, 0.2) is 18.2 Å². The van der Waals surface area contributed by atoms with Crippen molar-refractivity contribution in [2.45, 2.75) is 13.3 Å². The Labute approximate surface area is 112 Å². The van der Waals surface area contributed by atoms with Gasteiger partial charge in [-0.25, -0.2) is 4.79 Å². The van der Waals surface area contributed by atoms with Crippen molar-refractivity contribution in [2.75, 3.05) is 19.4 Å². The van der Waals surface area contributed by atoms with E-state index in [2.05, 4.69) is 21.9 Å². The molecule has 1 aromatic carbocycles. The van der Waals surface area contributed by atoms with Crippen molar-refractivity contribution < 1.29 is 14.3 Å². The molecule has 0 unspecified atom stereocenters. The highest BCUT2D eigenvalue weighted by Crippen LogP contribution is 2.17. The number of hydrogen-bond acceptors (Lipinski definition) is 4. The number of amides is 1. The minimum atomic E-state index is -0.487. The van der Waals surface area contributed by atoms with Crippen molar-refractivity contribution in [1.82, 2.24) is 5.32 Å². The molecule has 1 rings (SSSR count). The van der Waals surface area contributed by atoms with Crippen molar-refractivity contribution in [3.8, 4) is 11.8 Å². The lowest BCUT2D eigenvalue weighted by Gasteiger charge is -2.04. The van der Waals surface area contributed by atoms with Crippen molar-refractivity contribution >= 4 is 17.6 Å². The molecule has 1 aromatic rings. The van der Waals surface area contributed by atoms with Crippen molar-refractivity contribution in [3.05, 3.63) is 29.3 Å². The van der Waals surface area contributed by atoms with Gasteiger partial charge in [-0.15, -0.1) is 0 Å². The van der Waals surface area contributed by atoms with Crippen LogP contribution in [0.4, 0.5) is 5.69 Å². The maximum Gasteiger partial charge on any atom is 0.339 e. The predicted molar refractivity (Wildman–Crippen MR) is 72.4 cm³/mol. The smallest absolute Gasteiger partial charge is 0.339 e. The molecule has 0 atom stereocenters. The Kier molecular flexibility index (Phi) is 5.42. The van der Waals surface area contributed by atoms with Gasteiger partial charge in [-0.05, 0) is 12.1 Å². The second-order valence-electron chi connectivity index (χ2n) is 3.79. The van der Waals surface area contributed by atoms with E-state index >= 15 is 0 Å². The minimum absolute atomic E-state index is 0.0889. The van der Waals surface area contributed by atoms with Crippen LogP contribution in [0.3, 0.4) is 0 Å². The molecule has 0 aliphatic carbocycles. The van der Waals surface area contributed by atoms with E-state index in [0.717, 1.165) is 0 Å². The number of ether oxygens (including phenoxy) is 1. The van der Waals surface area contributed by atoms with Crippen LogP contribution in [-0.4, -0.2) is 25.5 Å². The highest BCUT2D eigenvalue weighted by molar-refractivity contribution is 5.96. The highest BCUT2D eigenvalue weighted by Gasteiger charge is 2.11. The molecule has 0 saturated heterocycles. The Morgan fingerprint density at radius 1 is 1.42 bits per heavy atom. The average Bonchev–Trinajstić information content (AvgIpc) is 2.39. The molecule has 100 valence electrons. The first kappa shape index (κ1) is 14.6. The summed E-state index contributed by atoms with van der Waals surface area (Å²) < 4.78 is 4.63. The number of benzene rings is 1. The lowest BCUT2D eigenvalue weighted by atomic mass is 10.1. The monoisotopic (exact) mass is 260 g/mol. The summed E-state index contributed by atoms with van der Waals surface area (Å²) in [4.78, 5) is 22.1. The fourth-order valence-corrected chi connectivity index (χ4v) is 1.42. The molecule has 3 N–H and O–H groups in total. The number of nitrogen functional groups attached to an aromatic ring is 1. The summed E-state index contributed by atoms with van der Waals surface area (Å²) in [6.45, 7) is 1.93. The Hall–Kier alpha value is -2.48. The third-order valence-corrected chi connectivity index (χ3v) is 2.36. The van der Waals surface area contributed by atoms with Crippen LogP contribution in [-0.2, 0) is 9.53 Å². The van der Waals surface area contributed by atoms with Gasteiger partial charge in [-0.1, -0.05) is 17.9 Å². The van der Waals surface area contributed by atoms with Gasteiger partial charge in [0.2, 0.25) is 5.91 Å². The van der Waals surface area contributed by atoms with Crippen molar-refractivity contribution in [2.24, 2.45) is 0 Å². The van der Waals surface area contributed by atoms with Crippen LogP contribution < -0.4 is 11.1 Å². The Bertz CT molecular complexity index is 541. The molecule has 0 bridgehead atoms. The lowest BCUT2D eigenvalue weighted by Crippen LogP contribution is -2.20. The molecule has 0 aliphatic heterocycles.